The van der Waals surface area contributed by atoms with Gasteiger partial charge in [0.05, 0.1) is 88.7 Å². The summed E-state index contributed by atoms with van der Waals surface area (Å²) in [5, 5.41) is 5.86. The van der Waals surface area contributed by atoms with E-state index in [2.05, 4.69) is 356 Å². The van der Waals surface area contributed by atoms with Crippen LogP contribution in [0.3, 0.4) is 0 Å². The topological polar surface area (TPSA) is 147 Å². The van der Waals surface area contributed by atoms with E-state index >= 15 is 0 Å². The summed E-state index contributed by atoms with van der Waals surface area (Å²) < 4.78 is 43.4. The van der Waals surface area contributed by atoms with E-state index in [0.717, 1.165) is 206 Å². The maximum absolute atomic E-state index is 13.4. The fraction of sp³-hybridized carbons (Fsp3) is 0.371. The Balaban J connectivity index is 0.000000184. The number of pyridine rings is 4. The van der Waals surface area contributed by atoms with Crippen LogP contribution in [0.2, 0.25) is 0 Å². The first-order chi connectivity index (χ1) is 65.4. The third kappa shape index (κ3) is 34.9. The van der Waals surface area contributed by atoms with Crippen molar-refractivity contribution in [3.05, 3.63) is 396 Å². The molecule has 12 aromatic rings. The summed E-state index contributed by atoms with van der Waals surface area (Å²) in [6.07, 6.45) is 9.50. The van der Waals surface area contributed by atoms with E-state index in [1.165, 1.54) is 91.3 Å². The zero-order valence-corrected chi connectivity index (χ0v) is 94.0. The number of benzene rings is 8. The number of morpholine rings is 3. The zero-order chi connectivity index (χ0) is 98.5. The van der Waals surface area contributed by atoms with Crippen LogP contribution in [0.1, 0.15) is 230 Å². The van der Waals surface area contributed by atoms with Gasteiger partial charge in [-0.25, -0.2) is 19.9 Å². The molecule has 0 unspecified atom stereocenters. The minimum Gasteiger partial charge on any atom is -0.378 e. The molecule has 139 heavy (non-hydrogen) atoms. The summed E-state index contributed by atoms with van der Waals surface area (Å²) in [4.78, 5) is 39.7. The molecule has 734 valence electrons. The fourth-order valence-corrected chi connectivity index (χ4v) is 32.3. The van der Waals surface area contributed by atoms with Crippen LogP contribution in [0.5, 0.6) is 0 Å². The summed E-state index contributed by atoms with van der Waals surface area (Å²) in [6.45, 7) is 59.9. The first-order valence-electron chi connectivity index (χ1n) is 47.7. The van der Waals surface area contributed by atoms with E-state index < -0.39 is 11.9 Å². The molecule has 11 heterocycles. The maximum Gasteiger partial charge on any atom is 0.129 e. The molecular formula is C116H140BrCl2F2N11O3P2PdZn. The number of aromatic nitrogens is 4. The number of fused-ring (bicyclic) bond motifs is 4. The number of ether oxygens (including phenoxy) is 3. The first-order valence-corrected chi connectivity index (χ1v) is 55.1. The second kappa shape index (κ2) is 54.2. The standard InChI is InChI=1S/2C24H23N3O.C20H15FN2.C13H8BrFN2.2C12H27P.C7H7.C4H9NO.2ClH.Pd.Zn/c2*1-2-4-18(5-3-1)14-19-6-7-21-17-26-24(22(21)15-19)20-8-9-25-23(16-20)27-10-12-28-13-11-27;21-19-12-16(8-9-22-19)20-18-11-15(6-7-17(18)13-23-20)10-14-4-2-1-3-5-14;14-10-2-1-9-7-17-13(11(9)6-10)8-3-4-16-12(15)5-8;2*1-10(2,3)13(11(4,5)6)12(7,8)9;1-7-5-3-2-4-6-7;1-3-6-4-2-5-1;;;;/h2*1-9,15-16H,10-14,17H2;1-9,11-12H,10,13H2;1-6H,7H2;2*1-9H3;2-6H,1H2;5H,1-4H2;2*1H;;/q;;;;;;-1;;;;;+2/p-1. The van der Waals surface area contributed by atoms with E-state index in [9.17, 15) is 8.78 Å². The summed E-state index contributed by atoms with van der Waals surface area (Å²) in [5.41, 5.74) is 26.2. The summed E-state index contributed by atoms with van der Waals surface area (Å²) in [6, 6.07) is 82.4. The quantitative estimate of drug-likeness (QED) is 0.0542. The van der Waals surface area contributed by atoms with Gasteiger partial charge in [0.1, 0.15) is 11.6 Å². The Morgan fingerprint density at radius 2 is 0.612 bits per heavy atom. The third-order valence-electron chi connectivity index (χ3n) is 23.4. The smallest absolute Gasteiger partial charge is 0.129 e. The number of hydrogen-bond acceptors (Lipinski definition) is 14. The van der Waals surface area contributed by atoms with Crippen LogP contribution in [0, 0.1) is 18.8 Å². The van der Waals surface area contributed by atoms with Crippen LogP contribution in [-0.4, -0.2) is 153 Å². The Morgan fingerprint density at radius 3 is 0.863 bits per heavy atom. The van der Waals surface area contributed by atoms with Crippen LogP contribution in [0.15, 0.2) is 292 Å². The molecule has 0 saturated carbocycles. The first kappa shape index (κ1) is 114. The van der Waals surface area contributed by atoms with E-state index in [-0.39, 0.29) is 48.7 Å². The molecule has 0 amide bonds. The van der Waals surface area contributed by atoms with Crippen LogP contribution in [0.4, 0.5) is 20.4 Å². The molecule has 3 fully saturated rings. The zero-order valence-electron chi connectivity index (χ0n) is 84.6. The molecule has 14 nitrogen and oxygen atoms in total. The maximum atomic E-state index is 13.4. The Labute approximate surface area is 873 Å². The van der Waals surface area contributed by atoms with Gasteiger partial charge in [-0.2, -0.15) is 33.4 Å². The average molecular weight is 2160 g/mol. The van der Waals surface area contributed by atoms with Crippen molar-refractivity contribution in [2.24, 2.45) is 20.0 Å². The normalized spacial score (nSPS) is 14.6. The Morgan fingerprint density at radius 1 is 0.345 bits per heavy atom. The van der Waals surface area contributed by atoms with Crippen molar-refractivity contribution >= 4 is 88.4 Å². The predicted octanol–water partition coefficient (Wildman–Crippen LogP) is 27.5. The van der Waals surface area contributed by atoms with Crippen molar-refractivity contribution in [1.82, 2.24) is 25.3 Å². The second-order valence-electron chi connectivity index (χ2n) is 40.7. The van der Waals surface area contributed by atoms with E-state index in [4.69, 9.17) is 33.9 Å². The van der Waals surface area contributed by atoms with Gasteiger partial charge in [0, 0.05) is 146 Å². The summed E-state index contributed by atoms with van der Waals surface area (Å²) in [7, 11) is 4.80. The number of halogens is 5. The molecule has 3 saturated heterocycles. The van der Waals surface area contributed by atoms with Crippen molar-refractivity contribution in [2.75, 3.05) is 88.7 Å². The van der Waals surface area contributed by atoms with Crippen molar-refractivity contribution in [2.45, 2.75) is 201 Å². The fourth-order valence-electron chi connectivity index (χ4n) is 19.9. The molecule has 19 rings (SSSR count). The molecule has 7 aliphatic rings. The number of rotatable bonds is 12. The number of aliphatic imine (C=N–C) groups is 4. The molecule has 0 atom stereocenters. The minimum absolute atomic E-state index is 0. The van der Waals surface area contributed by atoms with Crippen LogP contribution in [-0.2, 0) is 97.4 Å². The monoisotopic (exact) mass is 2150 g/mol. The van der Waals surface area contributed by atoms with Crippen LogP contribution >= 0.6 is 53.9 Å². The van der Waals surface area contributed by atoms with Crippen LogP contribution < -0.4 is 15.1 Å². The number of nitrogens with one attached hydrogen (secondary N) is 1. The van der Waals surface area contributed by atoms with Gasteiger partial charge in [-0.1, -0.05) is 296 Å². The van der Waals surface area contributed by atoms with Gasteiger partial charge in [0.2, 0.25) is 11.9 Å². The molecule has 8 aromatic carbocycles. The molecule has 0 aliphatic carbocycles. The second-order valence-corrected chi connectivity index (χ2v) is 51.0. The van der Waals surface area contributed by atoms with Crippen LogP contribution in [0.25, 0.3) is 0 Å². The van der Waals surface area contributed by atoms with E-state index in [1.807, 2.05) is 67.0 Å². The van der Waals surface area contributed by atoms with Crippen molar-refractivity contribution in [3.8, 4) is 0 Å². The van der Waals surface area contributed by atoms with Gasteiger partial charge in [-0.05, 0) is 173 Å². The van der Waals surface area contributed by atoms with Crippen molar-refractivity contribution in [3.63, 3.8) is 0 Å². The molecular weight excluding hydrogens is 2020 g/mol. The Bertz CT molecular complexity index is 5700. The van der Waals surface area contributed by atoms with Crippen molar-refractivity contribution < 1.29 is 60.7 Å². The predicted molar refractivity (Wildman–Crippen MR) is 582 cm³/mol. The largest absolute Gasteiger partial charge is 0.378 e. The van der Waals surface area contributed by atoms with Gasteiger partial charge in [-0.15, -0.1) is 24.5 Å². The average Bonchev–Trinajstić information content (AvgIpc) is 1.78. The Kier molecular flexibility index (Phi) is 44.5. The molecule has 0 spiro atoms. The number of nitrogens with zero attached hydrogens (tertiary/aromatic N) is 10. The molecule has 0 radical (unpaired) electrons. The molecule has 1 N–H and O–H groups in total. The summed E-state index contributed by atoms with van der Waals surface area (Å²) in [5.74, 6) is 1.07. The van der Waals surface area contributed by atoms with Gasteiger partial charge in [0.15, 0.2) is 0 Å². The number of anilines is 2. The molecule has 23 heteroatoms. The molecule has 0 bridgehead atoms. The molecule has 7 aliphatic heterocycles. The van der Waals surface area contributed by atoms with E-state index in [1.54, 1.807) is 12.1 Å². The van der Waals surface area contributed by atoms with Crippen molar-refractivity contribution in [1.29, 1.82) is 0 Å². The van der Waals surface area contributed by atoms with Gasteiger partial charge < -0.3 is 29.3 Å². The minimum atomic E-state index is -0.478. The SMILES string of the molecule is C1COCCN1.CC(C)(C)P(C(C)(C)C)C(C)(C)C.CC(C)(C)P(C(C)(C)C)C(C)(C)C.Cl.Fc1cc(C2=NCc3ccc(Br)cc32)ccn1.Fc1cc(C2=NCc3ccc(Cc4ccccc4)cc32)ccn1.[CH2-]c1ccccc1.[Cl][Zn+].[Pd].c1ccc(Cc2ccc3c(c2)C(c2ccnc(N4CCOCC4)c2)=NC3)cc1.c1ccc(Cc2ccc3c(c2)C(c2ccnc(N4CCOCC4)c2)=NC3)cc1. The van der Waals surface area contributed by atoms with Gasteiger partial charge >= 0.3 is 27.0 Å². The third-order valence-corrected chi connectivity index (χ3v) is 32.0. The summed E-state index contributed by atoms with van der Waals surface area (Å²) >= 11 is 4.29. The van der Waals surface area contributed by atoms with Gasteiger partial charge in [-0.3, -0.25) is 20.0 Å². The Hall–Kier alpha value is -8.58. The van der Waals surface area contributed by atoms with Gasteiger partial charge in [0.25, 0.3) is 0 Å². The molecule has 4 aromatic heterocycles. The number of hydrogen-bond donors (Lipinski definition) is 1. The van der Waals surface area contributed by atoms with E-state index in [0.29, 0.717) is 44.0 Å².